The van der Waals surface area contributed by atoms with Crippen LogP contribution in [0.4, 0.5) is 0 Å². The molecular weight excluding hydrogens is 669 g/mol. The van der Waals surface area contributed by atoms with Crippen molar-refractivity contribution >= 4 is 11.9 Å². The van der Waals surface area contributed by atoms with Crippen LogP contribution in [-0.2, 0) is 23.8 Å². The lowest BCUT2D eigenvalue weighted by atomic mass is 10.1. The minimum absolute atomic E-state index is 0.00834. The van der Waals surface area contributed by atoms with E-state index in [1.54, 1.807) is 0 Å². The number of ether oxygens (including phenoxy) is 3. The number of hydrogen-bond acceptors (Lipinski definition) is 5. The summed E-state index contributed by atoms with van der Waals surface area (Å²) in [6, 6.07) is 0. The highest BCUT2D eigenvalue weighted by molar-refractivity contribution is 5.71. The summed E-state index contributed by atoms with van der Waals surface area (Å²) >= 11 is 0. The summed E-state index contributed by atoms with van der Waals surface area (Å²) in [5.74, 6) is -0.629. The fourth-order valence-electron chi connectivity index (χ4n) is 4.97. The van der Waals surface area contributed by atoms with Gasteiger partial charge in [0.05, 0.1) is 13.0 Å². The van der Waals surface area contributed by atoms with Crippen LogP contribution in [0.15, 0.2) is 122 Å². The second-order valence-corrected chi connectivity index (χ2v) is 13.2. The van der Waals surface area contributed by atoms with E-state index >= 15 is 0 Å². The molecule has 0 spiro atoms. The van der Waals surface area contributed by atoms with E-state index in [1.165, 1.54) is 25.7 Å². The first-order valence-corrected chi connectivity index (χ1v) is 21.1. The summed E-state index contributed by atoms with van der Waals surface area (Å²) in [6.45, 7) is 7.34. The van der Waals surface area contributed by atoms with Crippen molar-refractivity contribution in [3.8, 4) is 0 Å². The lowest BCUT2D eigenvalue weighted by Gasteiger charge is -2.18. The predicted octanol–water partition coefficient (Wildman–Crippen LogP) is 13.9. The molecule has 0 aliphatic rings. The van der Waals surface area contributed by atoms with Gasteiger partial charge in [-0.25, -0.2) is 0 Å². The Labute approximate surface area is 331 Å². The van der Waals surface area contributed by atoms with Crippen molar-refractivity contribution in [1.29, 1.82) is 0 Å². The molecule has 0 radical (unpaired) electrons. The summed E-state index contributed by atoms with van der Waals surface area (Å²) in [5.41, 5.74) is 0. The van der Waals surface area contributed by atoms with Crippen molar-refractivity contribution < 1.29 is 23.8 Å². The monoisotopic (exact) mass is 745 g/mol. The van der Waals surface area contributed by atoms with E-state index < -0.39 is 6.10 Å². The molecule has 0 fully saturated rings. The number of esters is 2. The van der Waals surface area contributed by atoms with Crippen LogP contribution in [0.25, 0.3) is 0 Å². The van der Waals surface area contributed by atoms with Gasteiger partial charge in [0.15, 0.2) is 6.10 Å². The van der Waals surface area contributed by atoms with E-state index in [0.717, 1.165) is 83.5 Å². The summed E-state index contributed by atoms with van der Waals surface area (Å²) in [7, 11) is 0. The minimum Gasteiger partial charge on any atom is -0.462 e. The predicted molar refractivity (Wildman–Crippen MR) is 232 cm³/mol. The molecule has 0 saturated carbocycles. The Hall–Kier alpha value is -3.70. The fourth-order valence-corrected chi connectivity index (χ4v) is 4.97. The Morgan fingerprint density at radius 3 is 1.35 bits per heavy atom. The van der Waals surface area contributed by atoms with Gasteiger partial charge >= 0.3 is 11.9 Å². The molecule has 0 aliphatic carbocycles. The van der Waals surface area contributed by atoms with Crippen LogP contribution in [-0.4, -0.2) is 37.9 Å². The Bertz CT molecular complexity index is 1160. The average molecular weight is 745 g/mol. The molecule has 0 amide bonds. The van der Waals surface area contributed by atoms with Gasteiger partial charge in [-0.2, -0.15) is 0 Å². The van der Waals surface area contributed by atoms with Crippen LogP contribution in [0, 0.1) is 0 Å². The third-order valence-corrected chi connectivity index (χ3v) is 8.03. The number of rotatable bonds is 36. The van der Waals surface area contributed by atoms with Crippen molar-refractivity contribution in [1.82, 2.24) is 0 Å². The lowest BCUT2D eigenvalue weighted by Crippen LogP contribution is -2.29. The molecule has 0 rings (SSSR count). The van der Waals surface area contributed by atoms with Crippen molar-refractivity contribution in [2.75, 3.05) is 19.8 Å². The van der Waals surface area contributed by atoms with Crippen molar-refractivity contribution in [2.45, 2.75) is 155 Å². The van der Waals surface area contributed by atoms with Crippen LogP contribution in [0.5, 0.6) is 0 Å². The highest BCUT2D eigenvalue weighted by atomic mass is 16.6. The van der Waals surface area contributed by atoms with Crippen LogP contribution in [0.3, 0.4) is 0 Å². The Morgan fingerprint density at radius 1 is 0.444 bits per heavy atom. The van der Waals surface area contributed by atoms with Gasteiger partial charge in [0, 0.05) is 13.0 Å². The van der Waals surface area contributed by atoms with E-state index in [-0.39, 0.29) is 31.6 Å². The van der Waals surface area contributed by atoms with Crippen molar-refractivity contribution in [3.05, 3.63) is 122 Å². The molecule has 1 atom stereocenters. The molecule has 0 aromatic heterocycles. The molecule has 1 unspecified atom stereocenters. The van der Waals surface area contributed by atoms with E-state index in [0.29, 0.717) is 19.4 Å². The first-order valence-electron chi connectivity index (χ1n) is 21.1. The summed E-state index contributed by atoms with van der Waals surface area (Å²) < 4.78 is 17.0. The van der Waals surface area contributed by atoms with Gasteiger partial charge in [-0.15, -0.1) is 0 Å². The van der Waals surface area contributed by atoms with Crippen molar-refractivity contribution in [3.63, 3.8) is 0 Å². The zero-order valence-corrected chi connectivity index (χ0v) is 34.4. The van der Waals surface area contributed by atoms with Gasteiger partial charge in [0.25, 0.3) is 0 Å². The van der Waals surface area contributed by atoms with Crippen molar-refractivity contribution in [2.24, 2.45) is 0 Å². The minimum atomic E-state index is -0.616. The molecule has 54 heavy (non-hydrogen) atoms. The van der Waals surface area contributed by atoms with Gasteiger partial charge in [0.1, 0.15) is 6.61 Å². The third kappa shape index (κ3) is 41.1. The first-order chi connectivity index (χ1) is 26.6. The Balaban J connectivity index is 4.41. The number of hydrogen-bond donors (Lipinski definition) is 0. The van der Waals surface area contributed by atoms with Gasteiger partial charge in [-0.1, -0.05) is 174 Å². The second kappa shape index (κ2) is 43.7. The zero-order chi connectivity index (χ0) is 39.3. The van der Waals surface area contributed by atoms with E-state index in [1.807, 2.05) is 12.2 Å². The van der Waals surface area contributed by atoms with Crippen LogP contribution < -0.4 is 0 Å². The topological polar surface area (TPSA) is 61.8 Å². The molecule has 302 valence electrons. The molecule has 0 aromatic rings. The quantitative estimate of drug-likeness (QED) is 0.0363. The highest BCUT2D eigenvalue weighted by Gasteiger charge is 2.17. The van der Waals surface area contributed by atoms with E-state index in [9.17, 15) is 9.59 Å². The molecule has 5 heteroatoms. The SMILES string of the molecule is CC/C=C\C/C=C\C/C=C\C/C=C\C/C=C\CCCC(=O)OCC(COCCCCCCCC)OC(=O)C/C=C\C/C=C\C/C=C\C/C=C\C/C=C\CC. The lowest BCUT2D eigenvalue weighted by molar-refractivity contribution is -0.162. The molecule has 5 nitrogen and oxygen atoms in total. The smallest absolute Gasteiger partial charge is 0.310 e. The molecular formula is C49H76O5. The Kier molecular flexibility index (Phi) is 40.7. The maximum absolute atomic E-state index is 12.6. The van der Waals surface area contributed by atoms with Gasteiger partial charge < -0.3 is 14.2 Å². The molecule has 0 N–H and O–H groups in total. The number of unbranched alkanes of at least 4 members (excludes halogenated alkanes) is 6. The standard InChI is InChI=1S/C49H76O5/c1-4-7-10-13-16-18-20-22-24-25-27-28-30-32-34-36-39-42-48(50)53-46-47(45-52-44-41-38-15-12-9-6-3)54-49(51)43-40-37-35-33-31-29-26-23-21-19-17-14-11-8-5-2/h7-8,10-11,16-19,22-24,26-28,31-34,37,40,47H,4-6,9,12-15,20-21,25,29-30,35-36,38-39,41-46H2,1-3H3/b10-7-,11-8-,18-16-,19-17-,24-22-,26-23-,28-27-,33-31-,34-32-,40-37-. The number of carbonyl (C=O) groups is 2. The summed E-state index contributed by atoms with van der Waals surface area (Å²) in [6.07, 6.45) is 60.9. The number of allylic oxidation sites excluding steroid dienone is 19. The normalized spacial score (nSPS) is 13.5. The largest absolute Gasteiger partial charge is 0.462 e. The average Bonchev–Trinajstić information content (AvgIpc) is 3.17. The molecule has 0 bridgehead atoms. The zero-order valence-electron chi connectivity index (χ0n) is 34.4. The maximum Gasteiger partial charge on any atom is 0.310 e. The van der Waals surface area contributed by atoms with Gasteiger partial charge in [0.2, 0.25) is 0 Å². The van der Waals surface area contributed by atoms with E-state index in [2.05, 4.69) is 130 Å². The second-order valence-electron chi connectivity index (χ2n) is 13.2. The third-order valence-electron chi connectivity index (χ3n) is 8.03. The highest BCUT2D eigenvalue weighted by Crippen LogP contribution is 2.08. The summed E-state index contributed by atoms with van der Waals surface area (Å²) in [5, 5.41) is 0. The van der Waals surface area contributed by atoms with Crippen LogP contribution >= 0.6 is 0 Å². The maximum atomic E-state index is 12.6. The molecule has 0 saturated heterocycles. The van der Waals surface area contributed by atoms with Gasteiger partial charge in [-0.3, -0.25) is 9.59 Å². The Morgan fingerprint density at radius 2 is 0.870 bits per heavy atom. The van der Waals surface area contributed by atoms with Crippen LogP contribution in [0.1, 0.15) is 149 Å². The number of carbonyl (C=O) groups excluding carboxylic acids is 2. The van der Waals surface area contributed by atoms with Crippen LogP contribution in [0.2, 0.25) is 0 Å². The molecule has 0 aromatic carbocycles. The van der Waals surface area contributed by atoms with Gasteiger partial charge in [-0.05, 0) is 83.5 Å². The van der Waals surface area contributed by atoms with E-state index in [4.69, 9.17) is 14.2 Å². The first kappa shape index (κ1) is 50.3. The summed E-state index contributed by atoms with van der Waals surface area (Å²) in [4.78, 5) is 25.0. The fraction of sp³-hybridized carbons (Fsp3) is 0.551. The molecule has 0 heterocycles. The molecule has 0 aliphatic heterocycles.